The molecule has 4 rings (SSSR count). The van der Waals surface area contributed by atoms with Crippen LogP contribution in [-0.2, 0) is 4.79 Å². The van der Waals surface area contributed by atoms with E-state index in [0.29, 0.717) is 25.2 Å². The van der Waals surface area contributed by atoms with E-state index in [1.807, 2.05) is 48.5 Å². The minimum absolute atomic E-state index is 0.0481. The highest BCUT2D eigenvalue weighted by atomic mass is 16.1. The van der Waals surface area contributed by atoms with Crippen LogP contribution in [0.1, 0.15) is 78.9 Å². The zero-order valence-electron chi connectivity index (χ0n) is 17.3. The second-order valence-corrected chi connectivity index (χ2v) is 8.35. The molecule has 2 N–H and O–H groups in total. The molecule has 1 heterocycles. The highest BCUT2D eigenvalue weighted by Crippen LogP contribution is 2.30. The molecule has 1 atom stereocenters. The molecule has 1 saturated carbocycles. The van der Waals surface area contributed by atoms with Crippen LogP contribution in [0.4, 0.5) is 5.69 Å². The number of carbonyl (C=O) groups is 2. The van der Waals surface area contributed by atoms with E-state index in [2.05, 4.69) is 15.8 Å². The molecule has 1 aliphatic carbocycles. The van der Waals surface area contributed by atoms with Crippen molar-refractivity contribution in [2.75, 3.05) is 5.32 Å². The van der Waals surface area contributed by atoms with Crippen molar-refractivity contribution in [1.29, 1.82) is 0 Å². The number of fused-ring (bicyclic) bond motifs is 1. The van der Waals surface area contributed by atoms with E-state index >= 15 is 0 Å². The minimum Gasteiger partial charge on any atom is -0.326 e. The number of hydrogen-bond donors (Lipinski definition) is 2. The lowest BCUT2D eigenvalue weighted by atomic mass is 9.94. The number of hydrazone groups is 1. The maximum atomic E-state index is 12.5. The summed E-state index contributed by atoms with van der Waals surface area (Å²) in [4.78, 5) is 24.9. The third-order valence-corrected chi connectivity index (χ3v) is 6.19. The number of nitrogens with one attached hydrogen (secondary N) is 2. The van der Waals surface area contributed by atoms with Gasteiger partial charge in [0.15, 0.2) is 5.78 Å². The van der Waals surface area contributed by atoms with Gasteiger partial charge in [0, 0.05) is 24.1 Å². The highest BCUT2D eigenvalue weighted by molar-refractivity contribution is 5.96. The Labute approximate surface area is 178 Å². The topological polar surface area (TPSA) is 70.6 Å². The molecule has 0 saturated heterocycles. The number of nitrogens with zero attached hydrogens (tertiary/aromatic N) is 1. The summed E-state index contributed by atoms with van der Waals surface area (Å²) in [5.41, 5.74) is 6.76. The Morgan fingerprint density at radius 1 is 1.00 bits per heavy atom. The van der Waals surface area contributed by atoms with Gasteiger partial charge in [-0.15, -0.1) is 0 Å². The molecule has 1 aliphatic heterocycles. The zero-order valence-corrected chi connectivity index (χ0v) is 17.3. The molecule has 0 aromatic heterocycles. The molecule has 2 aliphatic rings. The van der Waals surface area contributed by atoms with Gasteiger partial charge in [-0.25, -0.2) is 0 Å². The molecule has 156 valence electrons. The van der Waals surface area contributed by atoms with Crippen LogP contribution in [0.5, 0.6) is 0 Å². The van der Waals surface area contributed by atoms with Crippen molar-refractivity contribution in [2.24, 2.45) is 11.0 Å². The summed E-state index contributed by atoms with van der Waals surface area (Å²) in [6.45, 7) is 0. The molecule has 30 heavy (non-hydrogen) atoms. The molecular weight excluding hydrogens is 374 g/mol. The van der Waals surface area contributed by atoms with Crippen LogP contribution in [0.2, 0.25) is 0 Å². The molecule has 2 aromatic carbocycles. The third kappa shape index (κ3) is 5.15. The Balaban J connectivity index is 1.36. The first kappa shape index (κ1) is 20.3. The first-order valence-electron chi connectivity index (χ1n) is 11.0. The van der Waals surface area contributed by atoms with Crippen molar-refractivity contribution >= 4 is 23.6 Å². The molecule has 1 amide bonds. The van der Waals surface area contributed by atoms with Crippen LogP contribution in [0.25, 0.3) is 0 Å². The monoisotopic (exact) mass is 403 g/mol. The van der Waals surface area contributed by atoms with Crippen LogP contribution < -0.4 is 10.7 Å². The van der Waals surface area contributed by atoms with Crippen LogP contribution in [0.3, 0.4) is 0 Å². The first-order chi connectivity index (χ1) is 14.7. The number of carbonyl (C=O) groups excluding carboxylic acids is 2. The minimum atomic E-state index is -0.0481. The van der Waals surface area contributed by atoms with Crippen LogP contribution in [-0.4, -0.2) is 17.9 Å². The summed E-state index contributed by atoms with van der Waals surface area (Å²) >= 11 is 0. The summed E-state index contributed by atoms with van der Waals surface area (Å²) < 4.78 is 0. The molecule has 0 bridgehead atoms. The van der Waals surface area contributed by atoms with Crippen molar-refractivity contribution in [1.82, 2.24) is 5.43 Å². The van der Waals surface area contributed by atoms with E-state index in [4.69, 9.17) is 0 Å². The lowest BCUT2D eigenvalue weighted by Gasteiger charge is -2.23. The van der Waals surface area contributed by atoms with Gasteiger partial charge >= 0.3 is 0 Å². The quantitative estimate of drug-likeness (QED) is 0.592. The number of hydrogen-bond acceptors (Lipinski definition) is 4. The number of ketones is 1. The van der Waals surface area contributed by atoms with Crippen LogP contribution in [0.15, 0.2) is 53.6 Å². The average molecular weight is 404 g/mol. The Kier molecular flexibility index (Phi) is 6.57. The van der Waals surface area contributed by atoms with Gasteiger partial charge in [-0.1, -0.05) is 62.1 Å². The SMILES string of the molecule is O=C(CCC1CCCC1)Nc1ccc2c(c1)C(CCC(=O)c1ccccc1)NN=C2. The van der Waals surface area contributed by atoms with E-state index in [1.54, 1.807) is 6.21 Å². The molecule has 1 unspecified atom stereocenters. The maximum absolute atomic E-state index is 12.5. The molecule has 0 spiro atoms. The molecule has 1 fully saturated rings. The third-order valence-electron chi connectivity index (χ3n) is 6.19. The van der Waals surface area contributed by atoms with Crippen molar-refractivity contribution in [2.45, 2.75) is 57.4 Å². The Morgan fingerprint density at radius 2 is 1.80 bits per heavy atom. The number of amides is 1. The summed E-state index contributed by atoms with van der Waals surface area (Å²) in [7, 11) is 0. The average Bonchev–Trinajstić information content (AvgIpc) is 3.30. The predicted molar refractivity (Wildman–Crippen MR) is 120 cm³/mol. The summed E-state index contributed by atoms with van der Waals surface area (Å²) in [5.74, 6) is 0.922. The summed E-state index contributed by atoms with van der Waals surface area (Å²) in [5, 5.41) is 7.29. The Morgan fingerprint density at radius 3 is 2.60 bits per heavy atom. The van der Waals surface area contributed by atoms with E-state index in [-0.39, 0.29) is 17.7 Å². The fourth-order valence-electron chi connectivity index (χ4n) is 4.46. The van der Waals surface area contributed by atoms with Gasteiger partial charge in [-0.2, -0.15) is 5.10 Å². The van der Waals surface area contributed by atoms with Gasteiger partial charge in [-0.3, -0.25) is 9.59 Å². The Bertz CT molecular complexity index is 917. The zero-order chi connectivity index (χ0) is 20.8. The van der Waals surface area contributed by atoms with Gasteiger partial charge in [0.2, 0.25) is 5.91 Å². The largest absolute Gasteiger partial charge is 0.326 e. The fourth-order valence-corrected chi connectivity index (χ4v) is 4.46. The number of rotatable bonds is 8. The second kappa shape index (κ2) is 9.70. The van der Waals surface area contributed by atoms with Gasteiger partial charge < -0.3 is 10.7 Å². The smallest absolute Gasteiger partial charge is 0.224 e. The van der Waals surface area contributed by atoms with Crippen LogP contribution >= 0.6 is 0 Å². The van der Waals surface area contributed by atoms with Crippen molar-refractivity contribution in [3.8, 4) is 0 Å². The van der Waals surface area contributed by atoms with Crippen molar-refractivity contribution in [3.63, 3.8) is 0 Å². The molecule has 5 heteroatoms. The lowest BCUT2D eigenvalue weighted by Crippen LogP contribution is -2.23. The van der Waals surface area contributed by atoms with Crippen LogP contribution in [0, 0.1) is 5.92 Å². The Hall–Kier alpha value is -2.95. The van der Waals surface area contributed by atoms with E-state index in [9.17, 15) is 9.59 Å². The number of Topliss-reactive ketones (excluding diaryl/α,β-unsaturated/α-hetero) is 1. The highest BCUT2D eigenvalue weighted by Gasteiger charge is 2.21. The molecule has 5 nitrogen and oxygen atoms in total. The standard InChI is InChI=1S/C25H29N3O2/c29-24(19-8-2-1-3-9-19)14-13-23-22-16-21(12-11-20(22)17-26-28-23)27-25(30)15-10-18-6-4-5-7-18/h1-3,8-9,11-12,16-18,23,28H,4-7,10,13-15H2,(H,27,30). The molecule has 0 radical (unpaired) electrons. The molecular formula is C25H29N3O2. The van der Waals surface area contributed by atoms with E-state index in [1.165, 1.54) is 25.7 Å². The van der Waals surface area contributed by atoms with Gasteiger partial charge in [0.25, 0.3) is 0 Å². The van der Waals surface area contributed by atoms with E-state index < -0.39 is 0 Å². The van der Waals surface area contributed by atoms with Crippen molar-refractivity contribution < 1.29 is 9.59 Å². The fraction of sp³-hybridized carbons (Fsp3) is 0.400. The lowest BCUT2D eigenvalue weighted by molar-refractivity contribution is -0.116. The van der Waals surface area contributed by atoms with Gasteiger partial charge in [0.1, 0.15) is 0 Å². The normalized spacial score (nSPS) is 17.9. The predicted octanol–water partition coefficient (Wildman–Crippen LogP) is 5.24. The second-order valence-electron chi connectivity index (χ2n) is 8.35. The van der Waals surface area contributed by atoms with Gasteiger partial charge in [-0.05, 0) is 42.0 Å². The van der Waals surface area contributed by atoms with Crippen molar-refractivity contribution in [3.05, 3.63) is 65.2 Å². The number of benzene rings is 2. The number of anilines is 1. The summed E-state index contributed by atoms with van der Waals surface area (Å²) in [6, 6.07) is 15.2. The van der Waals surface area contributed by atoms with Gasteiger partial charge in [0.05, 0.1) is 12.3 Å². The maximum Gasteiger partial charge on any atom is 0.224 e. The van der Waals surface area contributed by atoms with E-state index in [0.717, 1.165) is 28.8 Å². The first-order valence-corrected chi connectivity index (χ1v) is 11.0. The molecule has 2 aromatic rings. The summed E-state index contributed by atoms with van der Waals surface area (Å²) in [6.07, 6.45) is 9.58.